The molecule has 2 N–H and O–H groups in total. The van der Waals surface area contributed by atoms with E-state index in [-0.39, 0.29) is 6.10 Å². The average molecular weight is 251 g/mol. The lowest BCUT2D eigenvalue weighted by atomic mass is 10.1. The second kappa shape index (κ2) is 6.34. The van der Waals surface area contributed by atoms with Crippen LogP contribution in [0.3, 0.4) is 0 Å². The number of hydrogen-bond acceptors (Lipinski definition) is 3. The molecule has 1 aromatic heterocycles. The molecule has 2 rings (SSSR count). The predicted molar refractivity (Wildman–Crippen MR) is 72.3 cm³/mol. The molecule has 0 aromatic carbocycles. The molecular formula is C14H25N3O. The quantitative estimate of drug-likeness (QED) is 0.814. The molecule has 1 saturated carbocycles. The smallest absolute Gasteiger partial charge is 0.0762 e. The summed E-state index contributed by atoms with van der Waals surface area (Å²) >= 11 is 0. The summed E-state index contributed by atoms with van der Waals surface area (Å²) in [6.07, 6.45) is 6.17. The lowest BCUT2D eigenvalue weighted by Crippen LogP contribution is -2.21. The Morgan fingerprint density at radius 1 is 1.56 bits per heavy atom. The molecular weight excluding hydrogens is 226 g/mol. The molecule has 0 spiro atoms. The van der Waals surface area contributed by atoms with Gasteiger partial charge in [-0.15, -0.1) is 0 Å². The molecule has 4 nitrogen and oxygen atoms in total. The first-order valence-corrected chi connectivity index (χ1v) is 7.11. The fourth-order valence-corrected chi connectivity index (χ4v) is 2.54. The average Bonchev–Trinajstić information content (AvgIpc) is 2.98. The Morgan fingerprint density at radius 3 is 3.06 bits per heavy atom. The molecule has 1 aliphatic carbocycles. The lowest BCUT2D eigenvalue weighted by molar-refractivity contribution is 0.177. The zero-order valence-electron chi connectivity index (χ0n) is 11.5. The molecule has 1 heterocycles. The SMILES string of the molecule is CCC(C)n1ccc(CNCC2CCC(O)C2)n1. The van der Waals surface area contributed by atoms with Crippen LogP contribution in [0.5, 0.6) is 0 Å². The van der Waals surface area contributed by atoms with E-state index in [4.69, 9.17) is 0 Å². The molecule has 1 aliphatic rings. The second-order valence-electron chi connectivity index (χ2n) is 5.51. The lowest BCUT2D eigenvalue weighted by Gasteiger charge is -2.10. The molecule has 0 aliphatic heterocycles. The van der Waals surface area contributed by atoms with Crippen molar-refractivity contribution in [3.8, 4) is 0 Å². The van der Waals surface area contributed by atoms with Crippen molar-refractivity contribution in [3.63, 3.8) is 0 Å². The van der Waals surface area contributed by atoms with Gasteiger partial charge in [0.15, 0.2) is 0 Å². The third kappa shape index (κ3) is 3.56. The van der Waals surface area contributed by atoms with Crippen molar-refractivity contribution < 1.29 is 5.11 Å². The maximum atomic E-state index is 9.46. The van der Waals surface area contributed by atoms with Crippen LogP contribution in [-0.2, 0) is 6.54 Å². The van der Waals surface area contributed by atoms with Crippen LogP contribution in [0.1, 0.15) is 51.3 Å². The van der Waals surface area contributed by atoms with E-state index in [9.17, 15) is 5.11 Å². The molecule has 3 atom stereocenters. The highest BCUT2D eigenvalue weighted by Crippen LogP contribution is 2.24. The van der Waals surface area contributed by atoms with Gasteiger partial charge in [0, 0.05) is 18.8 Å². The Labute approximate surface area is 109 Å². The van der Waals surface area contributed by atoms with E-state index in [1.807, 2.05) is 4.68 Å². The number of nitrogens with one attached hydrogen (secondary N) is 1. The Kier molecular flexibility index (Phi) is 4.78. The molecule has 1 fully saturated rings. The number of aliphatic hydroxyl groups is 1. The highest BCUT2D eigenvalue weighted by Gasteiger charge is 2.22. The minimum Gasteiger partial charge on any atom is -0.393 e. The highest BCUT2D eigenvalue weighted by molar-refractivity contribution is 4.99. The third-order valence-corrected chi connectivity index (χ3v) is 3.96. The summed E-state index contributed by atoms with van der Waals surface area (Å²) in [5.41, 5.74) is 1.11. The second-order valence-corrected chi connectivity index (χ2v) is 5.51. The van der Waals surface area contributed by atoms with Gasteiger partial charge in [0.25, 0.3) is 0 Å². The molecule has 102 valence electrons. The first-order valence-electron chi connectivity index (χ1n) is 7.11. The molecule has 18 heavy (non-hydrogen) atoms. The summed E-state index contributed by atoms with van der Waals surface area (Å²) < 4.78 is 2.04. The van der Waals surface area contributed by atoms with E-state index in [2.05, 4.69) is 36.5 Å². The molecule has 0 radical (unpaired) electrons. The normalized spacial score (nSPS) is 25.5. The first kappa shape index (κ1) is 13.6. The molecule has 0 amide bonds. The molecule has 0 bridgehead atoms. The summed E-state index contributed by atoms with van der Waals surface area (Å²) in [4.78, 5) is 0. The summed E-state index contributed by atoms with van der Waals surface area (Å²) in [6, 6.07) is 2.56. The third-order valence-electron chi connectivity index (χ3n) is 3.96. The predicted octanol–water partition coefficient (Wildman–Crippen LogP) is 2.10. The number of aromatic nitrogens is 2. The van der Waals surface area contributed by atoms with Crippen LogP contribution >= 0.6 is 0 Å². The van der Waals surface area contributed by atoms with Crippen molar-refractivity contribution in [1.29, 1.82) is 0 Å². The van der Waals surface area contributed by atoms with Crippen LogP contribution in [0.2, 0.25) is 0 Å². The maximum Gasteiger partial charge on any atom is 0.0762 e. The Bertz CT molecular complexity index is 364. The van der Waals surface area contributed by atoms with Gasteiger partial charge in [0.1, 0.15) is 0 Å². The van der Waals surface area contributed by atoms with Gasteiger partial charge in [0.2, 0.25) is 0 Å². The van der Waals surface area contributed by atoms with Crippen molar-refractivity contribution in [2.24, 2.45) is 5.92 Å². The van der Waals surface area contributed by atoms with Gasteiger partial charge in [-0.2, -0.15) is 5.10 Å². The zero-order valence-corrected chi connectivity index (χ0v) is 11.5. The van der Waals surface area contributed by atoms with Crippen LogP contribution in [0.15, 0.2) is 12.3 Å². The minimum absolute atomic E-state index is 0.0681. The number of nitrogens with zero attached hydrogens (tertiary/aromatic N) is 2. The summed E-state index contributed by atoms with van der Waals surface area (Å²) in [5.74, 6) is 0.636. The Balaban J connectivity index is 1.71. The molecule has 0 saturated heterocycles. The fourth-order valence-electron chi connectivity index (χ4n) is 2.54. The molecule has 3 unspecified atom stereocenters. The van der Waals surface area contributed by atoms with E-state index in [1.54, 1.807) is 0 Å². The minimum atomic E-state index is -0.0681. The van der Waals surface area contributed by atoms with Crippen molar-refractivity contribution in [2.45, 2.75) is 58.2 Å². The highest BCUT2D eigenvalue weighted by atomic mass is 16.3. The molecule has 1 aromatic rings. The van der Waals surface area contributed by atoms with Crippen LogP contribution in [0, 0.1) is 5.92 Å². The van der Waals surface area contributed by atoms with E-state index >= 15 is 0 Å². The van der Waals surface area contributed by atoms with Gasteiger partial charge in [-0.05, 0) is 51.1 Å². The summed E-state index contributed by atoms with van der Waals surface area (Å²) in [5, 5.41) is 17.5. The van der Waals surface area contributed by atoms with E-state index in [0.29, 0.717) is 12.0 Å². The van der Waals surface area contributed by atoms with Crippen molar-refractivity contribution in [3.05, 3.63) is 18.0 Å². The van der Waals surface area contributed by atoms with Gasteiger partial charge in [0.05, 0.1) is 11.8 Å². The topological polar surface area (TPSA) is 50.1 Å². The van der Waals surface area contributed by atoms with Crippen LogP contribution in [0.4, 0.5) is 0 Å². The summed E-state index contributed by atoms with van der Waals surface area (Å²) in [6.45, 7) is 6.18. The van der Waals surface area contributed by atoms with Crippen molar-refractivity contribution in [2.75, 3.05) is 6.54 Å². The van der Waals surface area contributed by atoms with Crippen LogP contribution < -0.4 is 5.32 Å². The number of hydrogen-bond donors (Lipinski definition) is 2. The zero-order chi connectivity index (χ0) is 13.0. The maximum absolute atomic E-state index is 9.46. The summed E-state index contributed by atoms with van der Waals surface area (Å²) in [7, 11) is 0. The number of rotatable bonds is 6. The van der Waals surface area contributed by atoms with Crippen LogP contribution in [-0.4, -0.2) is 27.5 Å². The van der Waals surface area contributed by atoms with Crippen molar-refractivity contribution in [1.82, 2.24) is 15.1 Å². The monoisotopic (exact) mass is 251 g/mol. The van der Waals surface area contributed by atoms with Gasteiger partial charge < -0.3 is 10.4 Å². The van der Waals surface area contributed by atoms with Gasteiger partial charge in [-0.1, -0.05) is 6.92 Å². The Morgan fingerprint density at radius 2 is 2.39 bits per heavy atom. The largest absolute Gasteiger partial charge is 0.393 e. The van der Waals surface area contributed by atoms with Crippen LogP contribution in [0.25, 0.3) is 0 Å². The van der Waals surface area contributed by atoms with Crippen molar-refractivity contribution >= 4 is 0 Å². The van der Waals surface area contributed by atoms with E-state index in [1.165, 1.54) is 0 Å². The fraction of sp³-hybridized carbons (Fsp3) is 0.786. The number of aliphatic hydroxyl groups excluding tert-OH is 1. The van der Waals surface area contributed by atoms with Gasteiger partial charge in [-0.3, -0.25) is 4.68 Å². The first-order chi connectivity index (χ1) is 8.69. The van der Waals surface area contributed by atoms with E-state index < -0.39 is 0 Å². The van der Waals surface area contributed by atoms with E-state index in [0.717, 1.165) is 44.5 Å². The Hall–Kier alpha value is -0.870. The standard InChI is InChI=1S/C14H25N3O/c1-3-11(2)17-7-6-13(16-17)10-15-9-12-4-5-14(18)8-12/h6-7,11-12,14-15,18H,3-5,8-10H2,1-2H3. The molecule has 4 heteroatoms. The van der Waals surface area contributed by atoms with Gasteiger partial charge >= 0.3 is 0 Å². The van der Waals surface area contributed by atoms with Gasteiger partial charge in [-0.25, -0.2) is 0 Å².